The number of cyclic esters (lactones) is 1. The molecule has 4 heteroatoms. The van der Waals surface area contributed by atoms with E-state index in [1.165, 1.54) is 4.90 Å². The van der Waals surface area contributed by atoms with Crippen molar-refractivity contribution in [3.8, 4) is 0 Å². The van der Waals surface area contributed by atoms with Crippen molar-refractivity contribution in [2.75, 3.05) is 0 Å². The van der Waals surface area contributed by atoms with Crippen LogP contribution in [0.3, 0.4) is 0 Å². The van der Waals surface area contributed by atoms with Crippen LogP contribution in [-0.4, -0.2) is 22.9 Å². The fourth-order valence-corrected chi connectivity index (χ4v) is 2.60. The quantitative estimate of drug-likeness (QED) is 0.793. The molecule has 4 nitrogen and oxygen atoms in total. The van der Waals surface area contributed by atoms with E-state index in [4.69, 9.17) is 4.74 Å². The minimum atomic E-state index is -0.666. The number of rotatable bonds is 4. The lowest BCUT2D eigenvalue weighted by Crippen LogP contribution is -2.45. The van der Waals surface area contributed by atoms with Crippen LogP contribution >= 0.6 is 0 Å². The van der Waals surface area contributed by atoms with Crippen molar-refractivity contribution < 1.29 is 14.3 Å². The Labute approximate surface area is 125 Å². The summed E-state index contributed by atoms with van der Waals surface area (Å²) < 4.78 is 5.41. The SMILES string of the molecule is C=CCC(C)(C)C(=O)N1C(=O)OC(c2ccccc2)C1C. The fourth-order valence-electron chi connectivity index (χ4n) is 2.60. The zero-order valence-electron chi connectivity index (χ0n) is 12.7. The predicted octanol–water partition coefficient (Wildman–Crippen LogP) is 3.70. The average molecular weight is 287 g/mol. The lowest BCUT2D eigenvalue weighted by atomic mass is 9.87. The van der Waals surface area contributed by atoms with Crippen LogP contribution in [0.25, 0.3) is 0 Å². The summed E-state index contributed by atoms with van der Waals surface area (Å²) in [5.74, 6) is -0.224. The normalized spacial score (nSPS) is 22.0. The standard InChI is InChI=1S/C17H21NO3/c1-5-11-17(3,4)15(19)18-12(2)14(21-16(18)20)13-9-7-6-8-10-13/h5-10,12,14H,1,11H2,2-4H3. The molecule has 1 aromatic rings. The topological polar surface area (TPSA) is 46.6 Å². The first-order chi connectivity index (χ1) is 9.88. The van der Waals surface area contributed by atoms with Gasteiger partial charge in [0.15, 0.2) is 0 Å². The summed E-state index contributed by atoms with van der Waals surface area (Å²) in [4.78, 5) is 26.0. The molecule has 1 aliphatic rings. The molecule has 1 saturated heterocycles. The Balaban J connectivity index is 2.25. The maximum atomic E-state index is 12.6. The maximum Gasteiger partial charge on any atom is 0.417 e. The second-order valence-electron chi connectivity index (χ2n) is 6.01. The first kappa shape index (κ1) is 15.3. The van der Waals surface area contributed by atoms with Crippen LogP contribution in [0.4, 0.5) is 4.79 Å². The molecule has 1 heterocycles. The second-order valence-corrected chi connectivity index (χ2v) is 6.01. The van der Waals surface area contributed by atoms with Crippen molar-refractivity contribution in [2.24, 2.45) is 5.41 Å². The van der Waals surface area contributed by atoms with E-state index >= 15 is 0 Å². The Morgan fingerprint density at radius 1 is 1.38 bits per heavy atom. The van der Waals surface area contributed by atoms with Crippen LogP contribution in [0.1, 0.15) is 38.9 Å². The third-order valence-corrected chi connectivity index (χ3v) is 3.85. The number of imide groups is 1. The minimum Gasteiger partial charge on any atom is -0.439 e. The van der Waals surface area contributed by atoms with Crippen molar-refractivity contribution in [2.45, 2.75) is 39.3 Å². The summed E-state index contributed by atoms with van der Waals surface area (Å²) in [5.41, 5.74) is 0.232. The summed E-state index contributed by atoms with van der Waals surface area (Å²) in [7, 11) is 0. The van der Waals surface area contributed by atoms with Gasteiger partial charge in [0.1, 0.15) is 6.10 Å². The number of carbonyl (C=O) groups is 2. The third-order valence-electron chi connectivity index (χ3n) is 3.85. The first-order valence-electron chi connectivity index (χ1n) is 7.08. The van der Waals surface area contributed by atoms with E-state index in [2.05, 4.69) is 6.58 Å². The van der Waals surface area contributed by atoms with E-state index < -0.39 is 17.6 Å². The van der Waals surface area contributed by atoms with E-state index in [0.717, 1.165) is 5.56 Å². The number of benzene rings is 1. The van der Waals surface area contributed by atoms with E-state index in [9.17, 15) is 9.59 Å². The summed E-state index contributed by atoms with van der Waals surface area (Å²) in [6.45, 7) is 9.13. The van der Waals surface area contributed by atoms with Crippen LogP contribution in [0.5, 0.6) is 0 Å². The van der Waals surface area contributed by atoms with Crippen LogP contribution in [0.2, 0.25) is 0 Å². The van der Waals surface area contributed by atoms with Gasteiger partial charge in [0.05, 0.1) is 6.04 Å². The fraction of sp³-hybridized carbons (Fsp3) is 0.412. The number of hydrogen-bond acceptors (Lipinski definition) is 3. The molecule has 21 heavy (non-hydrogen) atoms. The highest BCUT2D eigenvalue weighted by Crippen LogP contribution is 2.36. The van der Waals surface area contributed by atoms with Gasteiger partial charge in [-0.05, 0) is 18.9 Å². The molecule has 2 rings (SSSR count). The third kappa shape index (κ3) is 2.84. The number of allylic oxidation sites excluding steroid dienone is 1. The molecule has 112 valence electrons. The predicted molar refractivity (Wildman–Crippen MR) is 80.6 cm³/mol. The summed E-state index contributed by atoms with van der Waals surface area (Å²) in [6.07, 6.45) is 1.22. The van der Waals surface area contributed by atoms with Gasteiger partial charge in [0.25, 0.3) is 0 Å². The van der Waals surface area contributed by atoms with Gasteiger partial charge in [-0.2, -0.15) is 0 Å². The molecular weight excluding hydrogens is 266 g/mol. The number of hydrogen-bond donors (Lipinski definition) is 0. The summed E-state index contributed by atoms with van der Waals surface area (Å²) in [6, 6.07) is 9.16. The molecule has 0 bridgehead atoms. The zero-order valence-corrected chi connectivity index (χ0v) is 12.7. The molecule has 2 unspecified atom stereocenters. The molecule has 1 aromatic carbocycles. The monoisotopic (exact) mass is 287 g/mol. The highest BCUT2D eigenvalue weighted by molar-refractivity contribution is 5.96. The molecule has 2 amide bonds. The van der Waals surface area contributed by atoms with E-state index in [1.54, 1.807) is 6.08 Å². The average Bonchev–Trinajstić information content (AvgIpc) is 2.74. The molecule has 0 radical (unpaired) electrons. The number of nitrogens with zero attached hydrogens (tertiary/aromatic N) is 1. The molecular formula is C17H21NO3. The van der Waals surface area contributed by atoms with Crippen molar-refractivity contribution >= 4 is 12.0 Å². The van der Waals surface area contributed by atoms with Gasteiger partial charge < -0.3 is 4.74 Å². The Morgan fingerprint density at radius 2 is 2.00 bits per heavy atom. The summed E-state index contributed by atoms with van der Waals surface area (Å²) in [5, 5.41) is 0. The lowest BCUT2D eigenvalue weighted by Gasteiger charge is -2.28. The van der Waals surface area contributed by atoms with Crippen molar-refractivity contribution in [3.05, 3.63) is 48.6 Å². The largest absolute Gasteiger partial charge is 0.439 e. The van der Waals surface area contributed by atoms with Crippen LogP contribution in [0.15, 0.2) is 43.0 Å². The summed E-state index contributed by atoms with van der Waals surface area (Å²) >= 11 is 0. The Hall–Kier alpha value is -2.10. The smallest absolute Gasteiger partial charge is 0.417 e. The highest BCUT2D eigenvalue weighted by atomic mass is 16.6. The van der Waals surface area contributed by atoms with E-state index in [-0.39, 0.29) is 11.9 Å². The molecule has 0 aliphatic carbocycles. The number of carbonyl (C=O) groups excluding carboxylic acids is 2. The molecule has 0 N–H and O–H groups in total. The zero-order chi connectivity index (χ0) is 15.6. The van der Waals surface area contributed by atoms with Gasteiger partial charge in [0.2, 0.25) is 5.91 Å². The lowest BCUT2D eigenvalue weighted by molar-refractivity contribution is -0.137. The highest BCUT2D eigenvalue weighted by Gasteiger charge is 2.47. The molecule has 1 aliphatic heterocycles. The van der Waals surface area contributed by atoms with Gasteiger partial charge >= 0.3 is 6.09 Å². The van der Waals surface area contributed by atoms with Crippen LogP contribution < -0.4 is 0 Å². The number of amides is 2. The Bertz CT molecular complexity index is 550. The van der Waals surface area contributed by atoms with E-state index in [1.807, 2.05) is 51.1 Å². The second kappa shape index (κ2) is 5.72. The van der Waals surface area contributed by atoms with Gasteiger partial charge in [-0.25, -0.2) is 9.69 Å². The van der Waals surface area contributed by atoms with Crippen LogP contribution in [-0.2, 0) is 9.53 Å². The Kier molecular flexibility index (Phi) is 4.16. The van der Waals surface area contributed by atoms with Gasteiger partial charge in [-0.3, -0.25) is 4.79 Å². The Morgan fingerprint density at radius 3 is 2.57 bits per heavy atom. The van der Waals surface area contributed by atoms with Gasteiger partial charge in [0, 0.05) is 5.41 Å². The van der Waals surface area contributed by atoms with E-state index in [0.29, 0.717) is 6.42 Å². The van der Waals surface area contributed by atoms with Crippen molar-refractivity contribution in [3.63, 3.8) is 0 Å². The first-order valence-corrected chi connectivity index (χ1v) is 7.08. The molecule has 1 fully saturated rings. The van der Waals surface area contributed by atoms with Gasteiger partial charge in [-0.1, -0.05) is 50.3 Å². The number of ether oxygens (including phenoxy) is 1. The van der Waals surface area contributed by atoms with Crippen molar-refractivity contribution in [1.82, 2.24) is 4.90 Å². The van der Waals surface area contributed by atoms with Crippen LogP contribution in [0, 0.1) is 5.41 Å². The molecule has 0 saturated carbocycles. The molecule has 0 spiro atoms. The molecule has 0 aromatic heterocycles. The minimum absolute atomic E-state index is 0.224. The van der Waals surface area contributed by atoms with Gasteiger partial charge in [-0.15, -0.1) is 6.58 Å². The molecule has 2 atom stereocenters. The van der Waals surface area contributed by atoms with Crippen molar-refractivity contribution in [1.29, 1.82) is 0 Å². The maximum absolute atomic E-state index is 12.6.